The maximum Gasteiger partial charge on any atom is 0.288 e. The number of thioether (sulfide) groups is 1. The SMILES string of the molecule is COc1cccc(C2C(C(=O)NN=C3c4ccccc4-c4ccccc43)=C(N)N3CCSC3=C2[N+](=O)[O-])c1. The molecule has 1 saturated heterocycles. The minimum Gasteiger partial charge on any atom is -0.497 e. The summed E-state index contributed by atoms with van der Waals surface area (Å²) in [4.78, 5) is 27.5. The molecule has 0 saturated carbocycles. The van der Waals surface area contributed by atoms with E-state index in [1.54, 1.807) is 29.2 Å². The van der Waals surface area contributed by atoms with Gasteiger partial charge in [-0.25, -0.2) is 5.43 Å². The minimum atomic E-state index is -1.000. The highest BCUT2D eigenvalue weighted by Gasteiger charge is 2.46. The van der Waals surface area contributed by atoms with Gasteiger partial charge in [-0.1, -0.05) is 72.4 Å². The molecule has 9 nitrogen and oxygen atoms in total. The van der Waals surface area contributed by atoms with E-state index in [4.69, 9.17) is 10.5 Å². The van der Waals surface area contributed by atoms with Gasteiger partial charge in [-0.2, -0.15) is 5.10 Å². The lowest BCUT2D eigenvalue weighted by atomic mass is 9.85. The summed E-state index contributed by atoms with van der Waals surface area (Å²) in [7, 11) is 1.52. The van der Waals surface area contributed by atoms with Gasteiger partial charge in [0, 0.05) is 23.4 Å². The van der Waals surface area contributed by atoms with E-state index in [9.17, 15) is 14.9 Å². The van der Waals surface area contributed by atoms with Crippen molar-refractivity contribution in [3.8, 4) is 16.9 Å². The Morgan fingerprint density at radius 3 is 2.37 bits per heavy atom. The molecule has 38 heavy (non-hydrogen) atoms. The number of nitro groups is 1. The molecule has 0 spiro atoms. The van der Waals surface area contributed by atoms with Crippen LogP contribution in [0.15, 0.2) is 100 Å². The lowest BCUT2D eigenvalue weighted by molar-refractivity contribution is -0.430. The van der Waals surface area contributed by atoms with Crippen LogP contribution in [0, 0.1) is 10.1 Å². The van der Waals surface area contributed by atoms with Crippen LogP contribution in [0.5, 0.6) is 5.75 Å². The molecule has 1 atom stereocenters. The van der Waals surface area contributed by atoms with Crippen molar-refractivity contribution in [2.45, 2.75) is 5.92 Å². The molecule has 190 valence electrons. The predicted octanol–water partition coefficient (Wildman–Crippen LogP) is 4.01. The molecule has 1 amide bonds. The van der Waals surface area contributed by atoms with Crippen LogP contribution in [-0.2, 0) is 4.79 Å². The molecule has 10 heteroatoms. The van der Waals surface area contributed by atoms with E-state index in [0.29, 0.717) is 34.4 Å². The number of benzene rings is 3. The molecule has 6 rings (SSSR count). The second kappa shape index (κ2) is 9.38. The third-order valence-corrected chi connectivity index (χ3v) is 8.03. The first-order valence-electron chi connectivity index (χ1n) is 12.0. The summed E-state index contributed by atoms with van der Waals surface area (Å²) < 4.78 is 5.36. The number of fused-ring (bicyclic) bond motifs is 4. The molecule has 2 heterocycles. The van der Waals surface area contributed by atoms with Gasteiger partial charge in [0.25, 0.3) is 11.6 Å². The summed E-state index contributed by atoms with van der Waals surface area (Å²) in [6.07, 6.45) is 0. The Labute approximate surface area is 222 Å². The molecular formula is C28H23N5O4S. The maximum atomic E-state index is 13.8. The molecule has 1 fully saturated rings. The van der Waals surface area contributed by atoms with Crippen LogP contribution in [0.4, 0.5) is 0 Å². The monoisotopic (exact) mass is 525 g/mol. The van der Waals surface area contributed by atoms with Crippen LogP contribution in [0.1, 0.15) is 22.6 Å². The number of nitrogens with zero attached hydrogens (tertiary/aromatic N) is 3. The van der Waals surface area contributed by atoms with E-state index in [0.717, 1.165) is 22.3 Å². The Balaban J connectivity index is 1.45. The Bertz CT molecular complexity index is 1550. The normalized spacial score (nSPS) is 17.7. The fraction of sp³-hybridized carbons (Fsp3) is 0.143. The molecular weight excluding hydrogens is 502 g/mol. The molecule has 1 unspecified atom stereocenters. The molecule has 2 aliphatic heterocycles. The van der Waals surface area contributed by atoms with Gasteiger partial charge in [0.05, 0.1) is 23.3 Å². The number of rotatable bonds is 5. The summed E-state index contributed by atoms with van der Waals surface area (Å²) in [5.41, 5.74) is 14.2. The molecule has 0 bridgehead atoms. The molecule has 1 aliphatic carbocycles. The van der Waals surface area contributed by atoms with Gasteiger partial charge in [0.2, 0.25) is 0 Å². The van der Waals surface area contributed by atoms with E-state index >= 15 is 0 Å². The first-order chi connectivity index (χ1) is 18.5. The number of hydrogen-bond acceptors (Lipinski definition) is 8. The Hall–Kier alpha value is -4.57. The first kappa shape index (κ1) is 23.8. The van der Waals surface area contributed by atoms with E-state index in [2.05, 4.69) is 10.5 Å². The van der Waals surface area contributed by atoms with Crippen LogP contribution in [-0.4, -0.2) is 40.8 Å². The van der Waals surface area contributed by atoms with Crippen LogP contribution in [0.3, 0.4) is 0 Å². The van der Waals surface area contributed by atoms with Crippen LogP contribution in [0.25, 0.3) is 11.1 Å². The Kier molecular flexibility index (Phi) is 5.88. The zero-order valence-corrected chi connectivity index (χ0v) is 21.2. The van der Waals surface area contributed by atoms with Crippen molar-refractivity contribution in [3.63, 3.8) is 0 Å². The fourth-order valence-electron chi connectivity index (χ4n) is 5.27. The van der Waals surface area contributed by atoms with Crippen molar-refractivity contribution < 1.29 is 14.5 Å². The van der Waals surface area contributed by atoms with Crippen molar-refractivity contribution in [3.05, 3.63) is 122 Å². The average Bonchev–Trinajstić information content (AvgIpc) is 3.55. The zero-order chi connectivity index (χ0) is 26.4. The number of allylic oxidation sites excluding steroid dienone is 1. The summed E-state index contributed by atoms with van der Waals surface area (Å²) in [6, 6.07) is 22.6. The van der Waals surface area contributed by atoms with Gasteiger partial charge in [0.1, 0.15) is 17.5 Å². The second-order valence-electron chi connectivity index (χ2n) is 8.95. The highest BCUT2D eigenvalue weighted by Crippen LogP contribution is 2.47. The largest absolute Gasteiger partial charge is 0.497 e. The lowest BCUT2D eigenvalue weighted by Crippen LogP contribution is -2.39. The highest BCUT2D eigenvalue weighted by atomic mass is 32.2. The van der Waals surface area contributed by atoms with Gasteiger partial charge in [-0.05, 0) is 28.8 Å². The molecule has 0 aromatic heterocycles. The Morgan fingerprint density at radius 1 is 1.08 bits per heavy atom. The standard InChI is InChI=1S/C28H23N5O4S/c1-37-17-8-6-7-16(15-17)22-23(26(29)32-13-14-38-28(32)25(22)33(35)36)27(34)31-30-24-20-11-4-2-9-18(20)19-10-3-5-12-21(19)24/h2-12,15,22H,13-14,29H2,1H3,(H,31,34). The molecule has 0 radical (unpaired) electrons. The minimum absolute atomic E-state index is 0.0793. The van der Waals surface area contributed by atoms with E-state index in [1.807, 2.05) is 48.5 Å². The van der Waals surface area contributed by atoms with E-state index < -0.39 is 16.7 Å². The van der Waals surface area contributed by atoms with Gasteiger partial charge in [0.15, 0.2) is 5.03 Å². The summed E-state index contributed by atoms with van der Waals surface area (Å²) in [5.74, 6) is -0.258. The summed E-state index contributed by atoms with van der Waals surface area (Å²) in [6.45, 7) is 0.472. The number of nitrogens with two attached hydrogens (primary N) is 1. The van der Waals surface area contributed by atoms with Crippen LogP contribution < -0.4 is 15.9 Å². The van der Waals surface area contributed by atoms with Gasteiger partial charge in [-0.15, -0.1) is 0 Å². The number of ether oxygens (including phenoxy) is 1. The highest BCUT2D eigenvalue weighted by molar-refractivity contribution is 8.03. The summed E-state index contributed by atoms with van der Waals surface area (Å²) >= 11 is 1.37. The topological polar surface area (TPSA) is 123 Å². The quantitative estimate of drug-likeness (QED) is 0.298. The third-order valence-electron chi connectivity index (χ3n) is 6.94. The van der Waals surface area contributed by atoms with Crippen molar-refractivity contribution in [2.24, 2.45) is 10.8 Å². The third kappa shape index (κ3) is 3.72. The molecule has 3 aromatic rings. The predicted molar refractivity (Wildman–Crippen MR) is 146 cm³/mol. The average molecular weight is 526 g/mol. The van der Waals surface area contributed by atoms with Crippen molar-refractivity contribution in [1.82, 2.24) is 10.3 Å². The number of hydrazone groups is 1. The van der Waals surface area contributed by atoms with Gasteiger partial charge >= 0.3 is 0 Å². The number of nitrogens with one attached hydrogen (secondary N) is 1. The number of carbonyl (C=O) groups is 1. The van der Waals surface area contributed by atoms with Crippen LogP contribution in [0.2, 0.25) is 0 Å². The molecule has 3 aliphatic rings. The maximum absolute atomic E-state index is 13.8. The van der Waals surface area contributed by atoms with Gasteiger partial charge < -0.3 is 15.4 Å². The van der Waals surface area contributed by atoms with Crippen molar-refractivity contribution in [1.29, 1.82) is 0 Å². The number of hydrogen-bond donors (Lipinski definition) is 2. The smallest absolute Gasteiger partial charge is 0.288 e. The van der Waals surface area contributed by atoms with Crippen molar-refractivity contribution in [2.75, 3.05) is 19.4 Å². The van der Waals surface area contributed by atoms with E-state index in [1.165, 1.54) is 18.9 Å². The number of methoxy groups -OCH3 is 1. The lowest BCUT2D eigenvalue weighted by Gasteiger charge is -2.31. The second-order valence-corrected chi connectivity index (χ2v) is 10.0. The molecule has 3 aromatic carbocycles. The van der Waals surface area contributed by atoms with Crippen LogP contribution >= 0.6 is 11.8 Å². The van der Waals surface area contributed by atoms with Gasteiger partial charge in [-0.3, -0.25) is 14.9 Å². The summed E-state index contributed by atoms with van der Waals surface area (Å²) in [5, 5.41) is 17.4. The Morgan fingerprint density at radius 2 is 1.74 bits per heavy atom. The molecule has 3 N–H and O–H groups in total. The first-order valence-corrected chi connectivity index (χ1v) is 13.0. The van der Waals surface area contributed by atoms with Crippen molar-refractivity contribution >= 4 is 23.4 Å². The fourth-order valence-corrected chi connectivity index (χ4v) is 6.42. The van der Waals surface area contributed by atoms with E-state index in [-0.39, 0.29) is 17.1 Å². The number of amides is 1. The zero-order valence-electron chi connectivity index (χ0n) is 20.4. The number of carbonyl (C=O) groups excluding carboxylic acids is 1.